The van der Waals surface area contributed by atoms with Crippen LogP contribution in [0.2, 0.25) is 0 Å². The Bertz CT molecular complexity index is 331. The van der Waals surface area contributed by atoms with Crippen molar-refractivity contribution in [2.24, 2.45) is 5.41 Å². The highest BCUT2D eigenvalue weighted by Gasteiger charge is 2.45. The molecule has 2 unspecified atom stereocenters. The maximum Gasteiger partial charge on any atom is 0.310 e. The first-order valence-electron chi connectivity index (χ1n) is 6.21. The third kappa shape index (κ3) is 3.98. The maximum absolute atomic E-state index is 11.8. The SMILES string of the molecule is CC1CC(CC(=O)OC(C)(C)C)(C(=O)O)CCO1. The lowest BCUT2D eigenvalue weighted by Gasteiger charge is -2.36. The average Bonchev–Trinajstić information content (AvgIpc) is 2.13. The molecule has 1 aliphatic rings. The van der Waals surface area contributed by atoms with Gasteiger partial charge in [-0.1, -0.05) is 0 Å². The number of esters is 1. The first kappa shape index (κ1) is 15.0. The molecule has 1 aliphatic heterocycles. The summed E-state index contributed by atoms with van der Waals surface area (Å²) in [5.74, 6) is -1.40. The zero-order valence-electron chi connectivity index (χ0n) is 11.5. The first-order valence-corrected chi connectivity index (χ1v) is 6.21. The maximum atomic E-state index is 11.8. The van der Waals surface area contributed by atoms with E-state index in [0.29, 0.717) is 19.4 Å². The largest absolute Gasteiger partial charge is 0.481 e. The molecule has 0 aromatic carbocycles. The smallest absolute Gasteiger partial charge is 0.310 e. The molecule has 0 bridgehead atoms. The van der Waals surface area contributed by atoms with Crippen LogP contribution in [0.5, 0.6) is 0 Å². The van der Waals surface area contributed by atoms with Crippen LogP contribution in [-0.2, 0) is 19.1 Å². The Morgan fingerprint density at radius 3 is 2.50 bits per heavy atom. The molecule has 1 N–H and O–H groups in total. The van der Waals surface area contributed by atoms with E-state index in [2.05, 4.69) is 0 Å². The summed E-state index contributed by atoms with van der Waals surface area (Å²) in [5, 5.41) is 9.39. The van der Waals surface area contributed by atoms with Crippen LogP contribution in [0.4, 0.5) is 0 Å². The molecule has 1 heterocycles. The molecule has 0 spiro atoms. The summed E-state index contributed by atoms with van der Waals surface area (Å²) in [6, 6.07) is 0. The van der Waals surface area contributed by atoms with Gasteiger partial charge in [0.05, 0.1) is 17.9 Å². The van der Waals surface area contributed by atoms with Crippen molar-refractivity contribution in [2.45, 2.75) is 58.7 Å². The summed E-state index contributed by atoms with van der Waals surface area (Å²) in [6.45, 7) is 7.50. The standard InChI is InChI=1S/C13H22O5/c1-9-7-13(11(15)16,5-6-17-9)8-10(14)18-12(2,3)4/h9H,5-8H2,1-4H3,(H,15,16). The fourth-order valence-corrected chi connectivity index (χ4v) is 2.25. The first-order chi connectivity index (χ1) is 8.15. The number of carboxylic acids is 1. The van der Waals surface area contributed by atoms with Crippen LogP contribution in [0.3, 0.4) is 0 Å². The van der Waals surface area contributed by atoms with Gasteiger partial charge in [-0.3, -0.25) is 9.59 Å². The minimum atomic E-state index is -1.04. The number of carboxylic acid groups (broad SMARTS) is 1. The van der Waals surface area contributed by atoms with Crippen molar-refractivity contribution in [1.29, 1.82) is 0 Å². The Balaban J connectivity index is 2.74. The molecule has 2 atom stereocenters. The van der Waals surface area contributed by atoms with Crippen LogP contribution in [0, 0.1) is 5.41 Å². The lowest BCUT2D eigenvalue weighted by atomic mass is 9.75. The van der Waals surface area contributed by atoms with Gasteiger partial charge >= 0.3 is 11.9 Å². The monoisotopic (exact) mass is 258 g/mol. The summed E-state index contributed by atoms with van der Waals surface area (Å²) in [4.78, 5) is 23.3. The summed E-state index contributed by atoms with van der Waals surface area (Å²) in [5.41, 5.74) is -1.63. The van der Waals surface area contributed by atoms with E-state index in [0.717, 1.165) is 0 Å². The van der Waals surface area contributed by atoms with Gasteiger partial charge in [0.25, 0.3) is 0 Å². The van der Waals surface area contributed by atoms with E-state index in [1.807, 2.05) is 6.92 Å². The predicted octanol–water partition coefficient (Wildman–Crippen LogP) is 1.99. The average molecular weight is 258 g/mol. The molecule has 0 saturated carbocycles. The van der Waals surface area contributed by atoms with Gasteiger partial charge in [-0.15, -0.1) is 0 Å². The third-order valence-corrected chi connectivity index (χ3v) is 3.02. The highest BCUT2D eigenvalue weighted by molar-refractivity contribution is 5.82. The van der Waals surface area contributed by atoms with Gasteiger partial charge in [-0.25, -0.2) is 0 Å². The second-order valence-electron chi connectivity index (χ2n) is 5.98. The molecule has 0 aromatic rings. The number of hydrogen-bond donors (Lipinski definition) is 1. The topological polar surface area (TPSA) is 72.8 Å². The summed E-state index contributed by atoms with van der Waals surface area (Å²) in [7, 11) is 0. The van der Waals surface area contributed by atoms with Crippen molar-refractivity contribution in [2.75, 3.05) is 6.61 Å². The number of ether oxygens (including phenoxy) is 2. The van der Waals surface area contributed by atoms with Crippen molar-refractivity contribution < 1.29 is 24.2 Å². The minimum Gasteiger partial charge on any atom is -0.481 e. The molecule has 0 radical (unpaired) electrons. The highest BCUT2D eigenvalue weighted by atomic mass is 16.6. The van der Waals surface area contributed by atoms with E-state index in [1.165, 1.54) is 0 Å². The number of carbonyl (C=O) groups excluding carboxylic acids is 1. The van der Waals surface area contributed by atoms with Crippen LogP contribution in [-0.4, -0.2) is 35.4 Å². The predicted molar refractivity (Wildman–Crippen MR) is 65.2 cm³/mol. The molecule has 0 amide bonds. The molecule has 5 nitrogen and oxygen atoms in total. The second-order valence-corrected chi connectivity index (χ2v) is 5.98. The lowest BCUT2D eigenvalue weighted by Crippen LogP contribution is -2.43. The van der Waals surface area contributed by atoms with Crippen molar-refractivity contribution in [3.8, 4) is 0 Å². The van der Waals surface area contributed by atoms with Gasteiger partial charge in [0.2, 0.25) is 0 Å². The van der Waals surface area contributed by atoms with Gasteiger partial charge in [0.15, 0.2) is 0 Å². The van der Waals surface area contributed by atoms with E-state index in [-0.39, 0.29) is 12.5 Å². The molecular formula is C13H22O5. The quantitative estimate of drug-likeness (QED) is 0.784. The van der Waals surface area contributed by atoms with Crippen molar-refractivity contribution in [3.05, 3.63) is 0 Å². The molecular weight excluding hydrogens is 236 g/mol. The van der Waals surface area contributed by atoms with Gasteiger partial charge in [0, 0.05) is 6.61 Å². The molecule has 1 fully saturated rings. The molecule has 0 aromatic heterocycles. The van der Waals surface area contributed by atoms with E-state index in [4.69, 9.17) is 9.47 Å². The van der Waals surface area contributed by atoms with Crippen LogP contribution in [0.25, 0.3) is 0 Å². The van der Waals surface area contributed by atoms with E-state index in [9.17, 15) is 14.7 Å². The van der Waals surface area contributed by atoms with E-state index < -0.39 is 23.0 Å². The molecule has 1 rings (SSSR count). The Labute approximate surface area is 107 Å². The van der Waals surface area contributed by atoms with E-state index >= 15 is 0 Å². The van der Waals surface area contributed by atoms with Gasteiger partial charge in [0.1, 0.15) is 5.60 Å². The minimum absolute atomic E-state index is 0.0900. The normalized spacial score (nSPS) is 28.8. The molecule has 0 aliphatic carbocycles. The number of rotatable bonds is 3. The molecule has 18 heavy (non-hydrogen) atoms. The Morgan fingerprint density at radius 2 is 2.06 bits per heavy atom. The summed E-state index contributed by atoms with van der Waals surface area (Å²) >= 11 is 0. The molecule has 1 saturated heterocycles. The Kier molecular flexibility index (Phi) is 4.37. The zero-order valence-corrected chi connectivity index (χ0v) is 11.5. The van der Waals surface area contributed by atoms with Crippen molar-refractivity contribution >= 4 is 11.9 Å². The van der Waals surface area contributed by atoms with Crippen molar-refractivity contribution in [3.63, 3.8) is 0 Å². The number of carbonyl (C=O) groups is 2. The number of hydrogen-bond acceptors (Lipinski definition) is 4. The second kappa shape index (κ2) is 5.26. The Hall–Kier alpha value is -1.10. The van der Waals surface area contributed by atoms with Gasteiger partial charge < -0.3 is 14.6 Å². The van der Waals surface area contributed by atoms with Crippen LogP contribution in [0.1, 0.15) is 47.0 Å². The van der Waals surface area contributed by atoms with Crippen molar-refractivity contribution in [1.82, 2.24) is 0 Å². The Morgan fingerprint density at radius 1 is 1.44 bits per heavy atom. The highest BCUT2D eigenvalue weighted by Crippen LogP contribution is 2.37. The third-order valence-electron chi connectivity index (χ3n) is 3.02. The van der Waals surface area contributed by atoms with Gasteiger partial charge in [-0.05, 0) is 40.5 Å². The molecule has 104 valence electrons. The fraction of sp³-hybridized carbons (Fsp3) is 0.846. The fourth-order valence-electron chi connectivity index (χ4n) is 2.25. The van der Waals surface area contributed by atoms with Crippen LogP contribution >= 0.6 is 0 Å². The van der Waals surface area contributed by atoms with Crippen LogP contribution < -0.4 is 0 Å². The summed E-state index contributed by atoms with van der Waals surface area (Å²) in [6.07, 6.45) is 0.470. The van der Waals surface area contributed by atoms with E-state index in [1.54, 1.807) is 20.8 Å². The number of aliphatic carboxylic acids is 1. The van der Waals surface area contributed by atoms with Gasteiger partial charge in [-0.2, -0.15) is 0 Å². The van der Waals surface area contributed by atoms with Crippen LogP contribution in [0.15, 0.2) is 0 Å². The lowest BCUT2D eigenvalue weighted by molar-refractivity contribution is -0.172. The molecule has 5 heteroatoms. The zero-order chi connectivity index (χ0) is 14.0. The summed E-state index contributed by atoms with van der Waals surface area (Å²) < 4.78 is 10.6.